The number of carbonyl (C=O) groups excluding carboxylic acids is 3. The van der Waals surface area contributed by atoms with E-state index in [0.29, 0.717) is 55.6 Å². The van der Waals surface area contributed by atoms with Crippen LogP contribution < -0.4 is 15.4 Å². The number of hydrogen-bond acceptors (Lipinski definition) is 6. The molecule has 230 valence electrons. The van der Waals surface area contributed by atoms with Crippen LogP contribution in [0, 0.1) is 12.8 Å². The molecule has 2 heterocycles. The molecule has 2 saturated heterocycles. The van der Waals surface area contributed by atoms with Crippen LogP contribution in [-0.2, 0) is 20.8 Å². The second-order valence-electron chi connectivity index (χ2n) is 11.8. The number of carboxylic acid groups (broad SMARTS) is 1. The van der Waals surface area contributed by atoms with Gasteiger partial charge in [-0.05, 0) is 61.4 Å². The fourth-order valence-electron chi connectivity index (χ4n) is 6.77. The van der Waals surface area contributed by atoms with Crippen molar-refractivity contribution in [3.8, 4) is 5.75 Å². The van der Waals surface area contributed by atoms with Gasteiger partial charge in [0.25, 0.3) is 0 Å². The minimum atomic E-state index is -0.873. The van der Waals surface area contributed by atoms with E-state index in [1.165, 1.54) is 7.11 Å². The fraction of sp³-hybridized carbons (Fsp3) is 0.500. The maximum absolute atomic E-state index is 13.9. The van der Waals surface area contributed by atoms with Crippen molar-refractivity contribution in [1.29, 1.82) is 0 Å². The Bertz CT molecular complexity index is 1360. The summed E-state index contributed by atoms with van der Waals surface area (Å²) in [4.78, 5) is 56.9. The first kappa shape index (κ1) is 30.3. The number of aliphatic carboxylic acids is 1. The van der Waals surface area contributed by atoms with E-state index in [-0.39, 0.29) is 30.8 Å². The normalized spacial score (nSPS) is 22.0. The van der Waals surface area contributed by atoms with E-state index in [9.17, 15) is 19.2 Å². The van der Waals surface area contributed by atoms with Gasteiger partial charge in [0.1, 0.15) is 11.8 Å². The van der Waals surface area contributed by atoms with Gasteiger partial charge in [0.05, 0.1) is 25.8 Å². The summed E-state index contributed by atoms with van der Waals surface area (Å²) in [6.07, 6.45) is 4.86. The molecule has 4 amide bonds. The molecule has 1 saturated carbocycles. The Balaban J connectivity index is 1.26. The summed E-state index contributed by atoms with van der Waals surface area (Å²) in [7, 11) is 1.52. The Morgan fingerprint density at radius 2 is 1.67 bits per heavy atom. The van der Waals surface area contributed by atoms with Crippen molar-refractivity contribution in [2.45, 2.75) is 57.5 Å². The number of hydrogen-bond donors (Lipinski definition) is 3. The number of benzene rings is 2. The standard InChI is InChI=1S/C32H41N5O6/c1-21-7-3-5-9-24(21)33-32(42)34-25-12-11-22(17-28(25)43-2)18-29(38)37-26-10-6-4-8-23(26)19-27(37)31(41)36-15-13-35(14-16-36)20-30(39)40/h3,5,7,9,11-12,17,23,26-27H,4,6,8,10,13-16,18-20H2,1-2H3,(H,39,40)(H2,33,34,42)/t23?,26?,27-/m0/s1. The van der Waals surface area contributed by atoms with Crippen LogP contribution in [0.25, 0.3) is 0 Å². The molecule has 43 heavy (non-hydrogen) atoms. The van der Waals surface area contributed by atoms with Gasteiger partial charge in [-0.15, -0.1) is 0 Å². The molecule has 1 aliphatic carbocycles. The molecule has 3 fully saturated rings. The minimum absolute atomic E-state index is 0.0324. The second-order valence-corrected chi connectivity index (χ2v) is 11.8. The number of ether oxygens (including phenoxy) is 1. The molecule has 0 spiro atoms. The molecule has 0 aromatic heterocycles. The van der Waals surface area contributed by atoms with Crippen molar-refractivity contribution in [3.63, 3.8) is 0 Å². The molecule has 11 heteroatoms. The molecule has 2 aromatic carbocycles. The molecule has 3 aliphatic rings. The first-order valence-corrected chi connectivity index (χ1v) is 15.1. The third kappa shape index (κ3) is 7.10. The summed E-state index contributed by atoms with van der Waals surface area (Å²) >= 11 is 0. The summed E-state index contributed by atoms with van der Waals surface area (Å²) in [6, 6.07) is 11.9. The predicted octanol–water partition coefficient (Wildman–Crippen LogP) is 3.58. The van der Waals surface area contributed by atoms with Crippen molar-refractivity contribution < 1.29 is 29.0 Å². The van der Waals surface area contributed by atoms with Crippen LogP contribution in [0.15, 0.2) is 42.5 Å². The SMILES string of the molecule is COc1cc(CC(=O)N2C3CCCCC3C[C@H]2C(=O)N2CCN(CC(=O)O)CC2)ccc1NC(=O)Nc1ccccc1C. The molecule has 2 unspecified atom stereocenters. The zero-order valence-electron chi connectivity index (χ0n) is 24.9. The summed E-state index contributed by atoms with van der Waals surface area (Å²) < 4.78 is 5.56. The Labute approximate surface area is 252 Å². The summed E-state index contributed by atoms with van der Waals surface area (Å²) in [5.74, 6) is -0.240. The number of fused-ring (bicyclic) bond motifs is 1. The van der Waals surface area contributed by atoms with Crippen LogP contribution in [0.3, 0.4) is 0 Å². The van der Waals surface area contributed by atoms with Gasteiger partial charge in [-0.2, -0.15) is 0 Å². The molecule has 11 nitrogen and oxygen atoms in total. The Morgan fingerprint density at radius 1 is 0.953 bits per heavy atom. The number of nitrogens with zero attached hydrogens (tertiary/aromatic N) is 3. The molecule has 2 aliphatic heterocycles. The molecular weight excluding hydrogens is 550 g/mol. The molecule has 0 radical (unpaired) electrons. The average Bonchev–Trinajstić information content (AvgIpc) is 3.39. The van der Waals surface area contributed by atoms with Crippen molar-refractivity contribution in [2.24, 2.45) is 5.92 Å². The topological polar surface area (TPSA) is 132 Å². The lowest BCUT2D eigenvalue weighted by Crippen LogP contribution is -2.56. The van der Waals surface area contributed by atoms with Gasteiger partial charge in [-0.25, -0.2) is 4.79 Å². The summed E-state index contributed by atoms with van der Waals surface area (Å²) in [5.41, 5.74) is 2.87. The van der Waals surface area contributed by atoms with Gasteiger partial charge in [-0.1, -0.05) is 37.1 Å². The number of amides is 4. The van der Waals surface area contributed by atoms with E-state index in [0.717, 1.165) is 36.8 Å². The van der Waals surface area contributed by atoms with Gasteiger partial charge in [-0.3, -0.25) is 19.3 Å². The third-order valence-corrected chi connectivity index (χ3v) is 8.97. The predicted molar refractivity (Wildman–Crippen MR) is 162 cm³/mol. The monoisotopic (exact) mass is 591 g/mol. The molecule has 3 atom stereocenters. The van der Waals surface area contributed by atoms with Crippen molar-refractivity contribution >= 4 is 35.2 Å². The Hall–Kier alpha value is -4.12. The van der Waals surface area contributed by atoms with Gasteiger partial charge >= 0.3 is 12.0 Å². The van der Waals surface area contributed by atoms with E-state index in [1.54, 1.807) is 23.1 Å². The average molecular weight is 592 g/mol. The lowest BCUT2D eigenvalue weighted by Gasteiger charge is -2.38. The lowest BCUT2D eigenvalue weighted by molar-refractivity contribution is -0.147. The van der Waals surface area contributed by atoms with Crippen LogP contribution in [0.4, 0.5) is 16.2 Å². The highest BCUT2D eigenvalue weighted by molar-refractivity contribution is 6.01. The number of piperazine rings is 1. The zero-order valence-corrected chi connectivity index (χ0v) is 24.9. The second kappa shape index (κ2) is 13.5. The van der Waals surface area contributed by atoms with E-state index in [2.05, 4.69) is 10.6 Å². The van der Waals surface area contributed by atoms with Gasteiger partial charge < -0.3 is 30.3 Å². The van der Waals surface area contributed by atoms with Gasteiger partial charge in [0, 0.05) is 37.9 Å². The number of likely N-dealkylation sites (tertiary alicyclic amines) is 1. The highest BCUT2D eigenvalue weighted by Crippen LogP contribution is 2.41. The van der Waals surface area contributed by atoms with E-state index in [4.69, 9.17) is 9.84 Å². The number of carbonyl (C=O) groups is 4. The Morgan fingerprint density at radius 3 is 2.40 bits per heavy atom. The number of aryl methyl sites for hydroxylation is 1. The molecular formula is C32H41N5O6. The van der Waals surface area contributed by atoms with Crippen LogP contribution in [0.2, 0.25) is 0 Å². The van der Waals surface area contributed by atoms with Crippen molar-refractivity contribution in [1.82, 2.24) is 14.7 Å². The quantitative estimate of drug-likeness (QED) is 0.428. The van der Waals surface area contributed by atoms with Crippen molar-refractivity contribution in [3.05, 3.63) is 53.6 Å². The number of urea groups is 1. The van der Waals surface area contributed by atoms with Crippen LogP contribution in [0.1, 0.15) is 43.2 Å². The zero-order chi connectivity index (χ0) is 30.5. The van der Waals surface area contributed by atoms with Gasteiger partial charge in [0.15, 0.2) is 0 Å². The molecule has 3 N–H and O–H groups in total. The van der Waals surface area contributed by atoms with Crippen LogP contribution in [-0.4, -0.2) is 95.5 Å². The molecule has 0 bridgehead atoms. The van der Waals surface area contributed by atoms with Gasteiger partial charge in [0.2, 0.25) is 11.8 Å². The first-order chi connectivity index (χ1) is 20.7. The molecule has 2 aromatic rings. The number of carboxylic acids is 1. The number of rotatable bonds is 8. The van der Waals surface area contributed by atoms with Crippen LogP contribution >= 0.6 is 0 Å². The molecule has 5 rings (SSSR count). The largest absolute Gasteiger partial charge is 0.495 e. The smallest absolute Gasteiger partial charge is 0.323 e. The maximum atomic E-state index is 13.9. The number of anilines is 2. The summed E-state index contributed by atoms with van der Waals surface area (Å²) in [6.45, 7) is 3.82. The maximum Gasteiger partial charge on any atom is 0.323 e. The van der Waals surface area contributed by atoms with E-state index >= 15 is 0 Å². The number of nitrogens with one attached hydrogen (secondary N) is 2. The highest BCUT2D eigenvalue weighted by atomic mass is 16.5. The van der Waals surface area contributed by atoms with E-state index < -0.39 is 18.0 Å². The minimum Gasteiger partial charge on any atom is -0.495 e. The first-order valence-electron chi connectivity index (χ1n) is 15.1. The highest BCUT2D eigenvalue weighted by Gasteiger charge is 2.48. The van der Waals surface area contributed by atoms with Crippen molar-refractivity contribution in [2.75, 3.05) is 50.5 Å². The van der Waals surface area contributed by atoms with Crippen LogP contribution in [0.5, 0.6) is 5.75 Å². The number of para-hydroxylation sites is 1. The van der Waals surface area contributed by atoms with E-state index in [1.807, 2.05) is 41.0 Å². The Kier molecular flexibility index (Phi) is 9.49. The summed E-state index contributed by atoms with van der Waals surface area (Å²) in [5, 5.41) is 14.8. The number of methoxy groups -OCH3 is 1. The fourth-order valence-corrected chi connectivity index (χ4v) is 6.77. The third-order valence-electron chi connectivity index (χ3n) is 8.97. The lowest BCUT2D eigenvalue weighted by atomic mass is 9.84.